The van der Waals surface area contributed by atoms with Crippen LogP contribution >= 0.6 is 0 Å². The third kappa shape index (κ3) is 1.21. The minimum atomic E-state index is 0.461. The summed E-state index contributed by atoms with van der Waals surface area (Å²) in [5.41, 5.74) is 3.75. The molecule has 3 aliphatic heterocycles. The summed E-state index contributed by atoms with van der Waals surface area (Å²) in [6, 6.07) is 2.26. The molecule has 0 saturated carbocycles. The summed E-state index contributed by atoms with van der Waals surface area (Å²) in [6.45, 7) is 2.06. The van der Waals surface area contributed by atoms with E-state index in [1.54, 1.807) is 0 Å². The van der Waals surface area contributed by atoms with Gasteiger partial charge < -0.3 is 9.64 Å². The quantitative estimate of drug-likeness (QED) is 0.710. The van der Waals surface area contributed by atoms with E-state index >= 15 is 0 Å². The maximum Gasteiger partial charge on any atom is 0.0780 e. The van der Waals surface area contributed by atoms with Crippen LogP contribution in [0.4, 0.5) is 5.69 Å². The van der Waals surface area contributed by atoms with Gasteiger partial charge in [-0.15, -0.1) is 0 Å². The lowest BCUT2D eigenvalue weighted by molar-refractivity contribution is -0.133. The van der Waals surface area contributed by atoms with E-state index in [-0.39, 0.29) is 0 Å². The van der Waals surface area contributed by atoms with Crippen molar-refractivity contribution in [3.05, 3.63) is 29.6 Å². The number of anilines is 1. The van der Waals surface area contributed by atoms with Gasteiger partial charge in [-0.1, -0.05) is 12.2 Å². The van der Waals surface area contributed by atoms with Crippen LogP contribution in [0.25, 0.3) is 6.08 Å². The molecule has 0 aromatic carbocycles. The summed E-state index contributed by atoms with van der Waals surface area (Å²) >= 11 is 0. The number of fused-ring (bicyclic) bond motifs is 3. The number of ether oxygens (including phenoxy) is 1. The number of nitrogens with zero attached hydrogens (tertiary/aromatic N) is 2. The van der Waals surface area contributed by atoms with E-state index in [1.807, 2.05) is 6.20 Å². The first-order chi connectivity index (χ1) is 7.88. The van der Waals surface area contributed by atoms with Crippen molar-refractivity contribution < 1.29 is 4.74 Å². The fourth-order valence-corrected chi connectivity index (χ4v) is 2.85. The molecule has 3 nitrogen and oxygen atoms in total. The molecular formula is C13H14N2O. The van der Waals surface area contributed by atoms with E-state index < -0.39 is 0 Å². The Kier molecular flexibility index (Phi) is 1.68. The van der Waals surface area contributed by atoms with Crippen molar-refractivity contribution in [2.24, 2.45) is 0 Å². The van der Waals surface area contributed by atoms with Crippen LogP contribution in [-0.4, -0.2) is 30.3 Å². The summed E-state index contributed by atoms with van der Waals surface area (Å²) in [7, 11) is 0. The summed E-state index contributed by atoms with van der Waals surface area (Å²) in [4.78, 5) is 6.93. The monoisotopic (exact) mass is 214 g/mol. The van der Waals surface area contributed by atoms with Gasteiger partial charge in [0.1, 0.15) is 0 Å². The molecule has 2 unspecified atom stereocenters. The van der Waals surface area contributed by atoms with E-state index in [0.717, 1.165) is 19.5 Å². The predicted molar refractivity (Wildman–Crippen MR) is 62.5 cm³/mol. The Bertz CT molecular complexity index is 453. The topological polar surface area (TPSA) is 25.4 Å². The van der Waals surface area contributed by atoms with Crippen LogP contribution in [0, 0.1) is 0 Å². The molecule has 1 aromatic rings. The van der Waals surface area contributed by atoms with Crippen LogP contribution in [0.1, 0.15) is 17.7 Å². The number of hydrogen-bond acceptors (Lipinski definition) is 3. The van der Waals surface area contributed by atoms with Gasteiger partial charge in [-0.2, -0.15) is 0 Å². The lowest BCUT2D eigenvalue weighted by Crippen LogP contribution is -2.57. The first kappa shape index (κ1) is 8.76. The van der Waals surface area contributed by atoms with Crippen molar-refractivity contribution in [2.75, 3.05) is 18.0 Å². The number of allylic oxidation sites excluding steroid dienone is 1. The highest BCUT2D eigenvalue weighted by Crippen LogP contribution is 2.32. The maximum absolute atomic E-state index is 5.64. The molecule has 1 aromatic heterocycles. The molecule has 16 heavy (non-hydrogen) atoms. The second-order valence-corrected chi connectivity index (χ2v) is 4.86. The first-order valence-corrected chi connectivity index (χ1v) is 5.94. The molecule has 3 heteroatoms. The molecule has 5 rings (SSSR count). The Morgan fingerprint density at radius 1 is 1.31 bits per heavy atom. The number of piperidine rings is 1. The molecule has 0 amide bonds. The molecule has 0 spiro atoms. The van der Waals surface area contributed by atoms with Crippen molar-refractivity contribution in [3.63, 3.8) is 0 Å². The van der Waals surface area contributed by atoms with E-state index in [4.69, 9.17) is 4.74 Å². The summed E-state index contributed by atoms with van der Waals surface area (Å²) in [5, 5.41) is 0. The largest absolute Gasteiger partial charge is 0.371 e. The molecule has 0 radical (unpaired) electrons. The standard InChI is InChI=1S/C13H14N2O/c1-2-9-4-10(6-14-13(9)3-1)15-7-11-5-12(8-15)16-11/h1-2,4,6,11-12H,3,5,7-8H2. The van der Waals surface area contributed by atoms with Gasteiger partial charge >= 0.3 is 0 Å². The van der Waals surface area contributed by atoms with E-state index in [2.05, 4.69) is 28.1 Å². The van der Waals surface area contributed by atoms with Gasteiger partial charge in [0, 0.05) is 25.9 Å². The molecule has 2 bridgehead atoms. The highest BCUT2D eigenvalue weighted by molar-refractivity contribution is 5.63. The van der Waals surface area contributed by atoms with Gasteiger partial charge in [-0.05, 0) is 11.6 Å². The van der Waals surface area contributed by atoms with Gasteiger partial charge in [-0.3, -0.25) is 4.98 Å². The van der Waals surface area contributed by atoms with Crippen LogP contribution in [0.15, 0.2) is 18.3 Å². The highest BCUT2D eigenvalue weighted by Gasteiger charge is 2.38. The number of hydrogen-bond donors (Lipinski definition) is 0. The second kappa shape index (κ2) is 3.08. The maximum atomic E-state index is 5.64. The Hall–Kier alpha value is -1.35. The van der Waals surface area contributed by atoms with Crippen LogP contribution in [0.5, 0.6) is 0 Å². The SMILES string of the molecule is C1=Cc2cc(N3CC4CC(C3)O4)cnc2C1. The molecule has 3 saturated heterocycles. The average Bonchev–Trinajstić information content (AvgIpc) is 2.75. The van der Waals surface area contributed by atoms with Gasteiger partial charge in [0.25, 0.3) is 0 Å². The average molecular weight is 214 g/mol. The Labute approximate surface area is 94.7 Å². The van der Waals surface area contributed by atoms with E-state index in [9.17, 15) is 0 Å². The fourth-order valence-electron chi connectivity index (χ4n) is 2.85. The molecule has 0 N–H and O–H groups in total. The fraction of sp³-hybridized carbons (Fsp3) is 0.462. The highest BCUT2D eigenvalue weighted by atomic mass is 16.5. The Morgan fingerprint density at radius 2 is 2.12 bits per heavy atom. The van der Waals surface area contributed by atoms with Crippen LogP contribution < -0.4 is 4.90 Å². The Balaban J connectivity index is 1.64. The van der Waals surface area contributed by atoms with Gasteiger partial charge in [0.05, 0.1) is 29.8 Å². The van der Waals surface area contributed by atoms with Gasteiger partial charge in [0.2, 0.25) is 0 Å². The first-order valence-electron chi connectivity index (χ1n) is 5.94. The molecule has 4 heterocycles. The molecule has 2 atom stereocenters. The smallest absolute Gasteiger partial charge is 0.0780 e. The summed E-state index contributed by atoms with van der Waals surface area (Å²) in [6.07, 6.45) is 9.52. The number of aromatic nitrogens is 1. The van der Waals surface area contributed by atoms with Crippen LogP contribution in [0.3, 0.4) is 0 Å². The number of morpholine rings is 1. The van der Waals surface area contributed by atoms with Gasteiger partial charge in [0.15, 0.2) is 0 Å². The minimum absolute atomic E-state index is 0.461. The van der Waals surface area contributed by atoms with Crippen molar-refractivity contribution >= 4 is 11.8 Å². The molecule has 3 fully saturated rings. The van der Waals surface area contributed by atoms with Crippen molar-refractivity contribution in [3.8, 4) is 0 Å². The predicted octanol–water partition coefficient (Wildman–Crippen LogP) is 1.63. The van der Waals surface area contributed by atoms with Gasteiger partial charge in [-0.25, -0.2) is 0 Å². The summed E-state index contributed by atoms with van der Waals surface area (Å²) < 4.78 is 5.64. The van der Waals surface area contributed by atoms with Crippen LogP contribution in [0.2, 0.25) is 0 Å². The Morgan fingerprint density at radius 3 is 2.94 bits per heavy atom. The van der Waals surface area contributed by atoms with E-state index in [0.29, 0.717) is 12.2 Å². The van der Waals surface area contributed by atoms with Crippen molar-refractivity contribution in [2.45, 2.75) is 25.0 Å². The number of pyridine rings is 1. The number of rotatable bonds is 1. The molecule has 1 aliphatic carbocycles. The summed E-state index contributed by atoms with van der Waals surface area (Å²) in [5.74, 6) is 0. The lowest BCUT2D eigenvalue weighted by atomic mass is 9.98. The zero-order valence-electron chi connectivity index (χ0n) is 9.10. The lowest BCUT2D eigenvalue weighted by Gasteiger charge is -2.47. The third-order valence-corrected chi connectivity index (χ3v) is 3.72. The van der Waals surface area contributed by atoms with Crippen LogP contribution in [-0.2, 0) is 11.2 Å². The molecule has 82 valence electrons. The van der Waals surface area contributed by atoms with Crippen molar-refractivity contribution in [1.29, 1.82) is 0 Å². The van der Waals surface area contributed by atoms with Crippen molar-refractivity contribution in [1.82, 2.24) is 4.98 Å². The van der Waals surface area contributed by atoms with E-state index in [1.165, 1.54) is 23.4 Å². The zero-order valence-corrected chi connectivity index (χ0v) is 9.10. The second-order valence-electron chi connectivity index (χ2n) is 4.86. The normalized spacial score (nSPS) is 30.1. The molecular weight excluding hydrogens is 200 g/mol. The zero-order chi connectivity index (χ0) is 10.5. The minimum Gasteiger partial charge on any atom is -0.371 e. The third-order valence-electron chi connectivity index (χ3n) is 3.72. The molecule has 4 aliphatic rings.